The summed E-state index contributed by atoms with van der Waals surface area (Å²) in [6.45, 7) is 1.84. The second kappa shape index (κ2) is 6.15. The predicted octanol–water partition coefficient (Wildman–Crippen LogP) is 1.93. The molecule has 0 aromatic heterocycles. The van der Waals surface area contributed by atoms with Crippen molar-refractivity contribution in [2.24, 2.45) is 0 Å². The van der Waals surface area contributed by atoms with E-state index < -0.39 is 0 Å². The average Bonchev–Trinajstić information content (AvgIpc) is 2.22. The van der Waals surface area contributed by atoms with Crippen LogP contribution in [0, 0.1) is 9.39 Å². The number of benzene rings is 1. The van der Waals surface area contributed by atoms with Gasteiger partial charge in [0.05, 0.1) is 0 Å². The van der Waals surface area contributed by atoms with Crippen molar-refractivity contribution in [2.75, 3.05) is 6.61 Å². The molecule has 1 rings (SSSR count). The fraction of sp³-hybridized carbons (Fsp3) is 0.364. The van der Waals surface area contributed by atoms with Crippen LogP contribution in [0.2, 0.25) is 0 Å². The monoisotopic (exact) mass is 337 g/mol. The normalized spacial score (nSPS) is 12.2. The van der Waals surface area contributed by atoms with Gasteiger partial charge in [0.2, 0.25) is 0 Å². The highest BCUT2D eigenvalue weighted by atomic mass is 127. The molecule has 0 heterocycles. The fourth-order valence-electron chi connectivity index (χ4n) is 1.21. The lowest BCUT2D eigenvalue weighted by atomic mass is 10.2. The molecule has 3 nitrogen and oxygen atoms in total. The molecule has 0 bridgehead atoms. The number of carbonyl (C=O) groups is 1. The topological polar surface area (TPSA) is 49.3 Å². The Balaban J connectivity index is 2.69. The summed E-state index contributed by atoms with van der Waals surface area (Å²) < 4.78 is 13.4. The van der Waals surface area contributed by atoms with E-state index >= 15 is 0 Å². The first-order valence-electron chi connectivity index (χ1n) is 4.91. The number of hydrogen-bond acceptors (Lipinski definition) is 2. The van der Waals surface area contributed by atoms with Crippen molar-refractivity contribution in [3.05, 3.63) is 33.1 Å². The smallest absolute Gasteiger partial charge is 0.251 e. The molecule has 2 N–H and O–H groups in total. The number of halogens is 2. The summed E-state index contributed by atoms with van der Waals surface area (Å²) in [4.78, 5) is 11.7. The molecule has 1 aromatic rings. The highest BCUT2D eigenvalue weighted by molar-refractivity contribution is 14.1. The Labute approximate surface area is 107 Å². The minimum Gasteiger partial charge on any atom is -0.396 e. The van der Waals surface area contributed by atoms with Gasteiger partial charge in [-0.3, -0.25) is 4.79 Å². The zero-order valence-electron chi connectivity index (χ0n) is 8.84. The van der Waals surface area contributed by atoms with E-state index in [2.05, 4.69) is 5.32 Å². The van der Waals surface area contributed by atoms with E-state index in [9.17, 15) is 9.18 Å². The highest BCUT2D eigenvalue weighted by Crippen LogP contribution is 2.13. The van der Waals surface area contributed by atoms with Crippen LogP contribution in [0.25, 0.3) is 0 Å². The first-order valence-corrected chi connectivity index (χ1v) is 5.99. The molecule has 0 aliphatic heterocycles. The van der Waals surface area contributed by atoms with Crippen LogP contribution < -0.4 is 5.32 Å². The third kappa shape index (κ3) is 3.71. The lowest BCUT2D eigenvalue weighted by molar-refractivity contribution is 0.0934. The molecule has 0 aliphatic rings. The van der Waals surface area contributed by atoms with E-state index in [4.69, 9.17) is 5.11 Å². The van der Waals surface area contributed by atoms with Crippen LogP contribution in [-0.2, 0) is 0 Å². The molecule has 0 spiro atoms. The van der Waals surface area contributed by atoms with Crippen LogP contribution in [0.5, 0.6) is 0 Å². The SMILES string of the molecule is CC(CCO)NC(=O)c1ccc(F)c(I)c1. The quantitative estimate of drug-likeness (QED) is 0.825. The number of aliphatic hydroxyl groups excluding tert-OH is 1. The van der Waals surface area contributed by atoms with Gasteiger partial charge in [0.1, 0.15) is 5.82 Å². The molecule has 0 saturated carbocycles. The molecule has 0 aliphatic carbocycles. The molecule has 1 atom stereocenters. The minimum absolute atomic E-state index is 0.0302. The number of nitrogens with one attached hydrogen (secondary N) is 1. The van der Waals surface area contributed by atoms with Gasteiger partial charge in [0.25, 0.3) is 5.91 Å². The lowest BCUT2D eigenvalue weighted by Gasteiger charge is -2.12. The summed E-state index contributed by atoms with van der Waals surface area (Å²) in [7, 11) is 0. The Hall–Kier alpha value is -0.690. The maximum atomic E-state index is 13.0. The van der Waals surface area contributed by atoms with E-state index in [-0.39, 0.29) is 24.4 Å². The van der Waals surface area contributed by atoms with Crippen LogP contribution in [0.1, 0.15) is 23.7 Å². The van der Waals surface area contributed by atoms with Crippen molar-refractivity contribution in [3.8, 4) is 0 Å². The average molecular weight is 337 g/mol. The van der Waals surface area contributed by atoms with Crippen LogP contribution in [0.15, 0.2) is 18.2 Å². The Morgan fingerprint density at radius 2 is 2.31 bits per heavy atom. The van der Waals surface area contributed by atoms with Crippen molar-refractivity contribution in [1.29, 1.82) is 0 Å². The first kappa shape index (κ1) is 13.4. The largest absolute Gasteiger partial charge is 0.396 e. The van der Waals surface area contributed by atoms with Crippen molar-refractivity contribution in [1.82, 2.24) is 5.32 Å². The predicted molar refractivity (Wildman–Crippen MR) is 67.7 cm³/mol. The Bertz CT molecular complexity index is 384. The van der Waals surface area contributed by atoms with Crippen molar-refractivity contribution < 1.29 is 14.3 Å². The summed E-state index contributed by atoms with van der Waals surface area (Å²) in [6.07, 6.45) is 0.504. The summed E-state index contributed by atoms with van der Waals surface area (Å²) >= 11 is 1.84. The Morgan fingerprint density at radius 1 is 1.62 bits per heavy atom. The van der Waals surface area contributed by atoms with Gasteiger partial charge in [-0.2, -0.15) is 0 Å². The molecule has 88 valence electrons. The first-order chi connectivity index (χ1) is 7.54. The summed E-state index contributed by atoms with van der Waals surface area (Å²) in [5, 5.41) is 11.4. The van der Waals surface area contributed by atoms with Gasteiger partial charge in [0.15, 0.2) is 0 Å². The minimum atomic E-state index is -0.333. The van der Waals surface area contributed by atoms with Crippen molar-refractivity contribution in [3.63, 3.8) is 0 Å². The van der Waals surface area contributed by atoms with Crippen molar-refractivity contribution in [2.45, 2.75) is 19.4 Å². The molecule has 1 unspecified atom stereocenters. The third-order valence-corrected chi connectivity index (χ3v) is 2.95. The molecule has 1 amide bonds. The molecule has 1 aromatic carbocycles. The second-order valence-corrected chi connectivity index (χ2v) is 4.68. The molecule has 5 heteroatoms. The second-order valence-electron chi connectivity index (χ2n) is 3.52. The van der Waals surface area contributed by atoms with Crippen LogP contribution in [-0.4, -0.2) is 23.7 Å². The van der Waals surface area contributed by atoms with Gasteiger partial charge in [-0.1, -0.05) is 0 Å². The number of rotatable bonds is 4. The molecule has 16 heavy (non-hydrogen) atoms. The lowest BCUT2D eigenvalue weighted by Crippen LogP contribution is -2.33. The van der Waals surface area contributed by atoms with Gasteiger partial charge in [-0.05, 0) is 54.1 Å². The Morgan fingerprint density at radius 3 is 2.88 bits per heavy atom. The van der Waals surface area contributed by atoms with Crippen molar-refractivity contribution >= 4 is 28.5 Å². The number of aliphatic hydroxyl groups is 1. The van der Waals surface area contributed by atoms with Crippen LogP contribution >= 0.6 is 22.6 Å². The highest BCUT2D eigenvalue weighted by Gasteiger charge is 2.10. The summed E-state index contributed by atoms with van der Waals surface area (Å²) in [6, 6.07) is 4.11. The number of amides is 1. The van der Waals surface area contributed by atoms with E-state index in [0.717, 1.165) is 0 Å². The summed E-state index contributed by atoms with van der Waals surface area (Å²) in [5.41, 5.74) is 0.426. The standard InChI is InChI=1S/C11H13FINO2/c1-7(4-5-15)14-11(16)8-2-3-9(12)10(13)6-8/h2-3,6-7,15H,4-5H2,1H3,(H,14,16). The van der Waals surface area contributed by atoms with E-state index in [0.29, 0.717) is 15.6 Å². The van der Waals surface area contributed by atoms with Crippen LogP contribution in [0.3, 0.4) is 0 Å². The number of hydrogen-bond donors (Lipinski definition) is 2. The zero-order chi connectivity index (χ0) is 12.1. The van der Waals surface area contributed by atoms with Gasteiger partial charge >= 0.3 is 0 Å². The van der Waals surface area contributed by atoms with Crippen LogP contribution in [0.4, 0.5) is 4.39 Å². The maximum absolute atomic E-state index is 13.0. The fourth-order valence-corrected chi connectivity index (χ4v) is 1.73. The molecule has 0 saturated heterocycles. The van der Waals surface area contributed by atoms with Gasteiger partial charge < -0.3 is 10.4 Å². The third-order valence-electron chi connectivity index (χ3n) is 2.12. The zero-order valence-corrected chi connectivity index (χ0v) is 11.0. The molecule has 0 radical (unpaired) electrons. The molecule has 0 fully saturated rings. The molecular formula is C11H13FINO2. The van der Waals surface area contributed by atoms with E-state index in [1.165, 1.54) is 18.2 Å². The van der Waals surface area contributed by atoms with E-state index in [1.54, 1.807) is 0 Å². The van der Waals surface area contributed by atoms with Gasteiger partial charge in [-0.15, -0.1) is 0 Å². The maximum Gasteiger partial charge on any atom is 0.251 e. The van der Waals surface area contributed by atoms with E-state index in [1.807, 2.05) is 29.5 Å². The van der Waals surface area contributed by atoms with Gasteiger partial charge in [-0.25, -0.2) is 4.39 Å². The van der Waals surface area contributed by atoms with Gasteiger partial charge in [0, 0.05) is 21.8 Å². The molecular weight excluding hydrogens is 324 g/mol. The number of carbonyl (C=O) groups excluding carboxylic acids is 1. The summed E-state index contributed by atoms with van der Waals surface area (Å²) in [5.74, 6) is -0.584. The Kier molecular flexibility index (Phi) is 5.14.